The van der Waals surface area contributed by atoms with Crippen LogP contribution in [0.25, 0.3) is 0 Å². The van der Waals surface area contributed by atoms with Gasteiger partial charge in [0.05, 0.1) is 0 Å². The molecular weight excluding hydrogens is 233 g/mol. The van der Waals surface area contributed by atoms with Crippen LogP contribution in [0.5, 0.6) is 5.75 Å². The first kappa shape index (κ1) is 11.3. The summed E-state index contributed by atoms with van der Waals surface area (Å²) < 4.78 is 18.2. The van der Waals surface area contributed by atoms with E-state index in [4.69, 9.17) is 4.74 Å². The Morgan fingerprint density at radius 2 is 1.89 bits per heavy atom. The predicted molar refractivity (Wildman–Crippen MR) is 64.4 cm³/mol. The standard InChI is InChI=1S/C14H14FNO2/c15-11-1-3-12(4-2-11)18-9-13-14(17)10-5-7-16(13)8-6-10/h1-4,9-10H,5-8H2/b13-9+. The maximum Gasteiger partial charge on any atom is 0.185 e. The summed E-state index contributed by atoms with van der Waals surface area (Å²) in [4.78, 5) is 14.1. The number of ketones is 1. The third-order valence-electron chi connectivity index (χ3n) is 3.58. The van der Waals surface area contributed by atoms with E-state index in [2.05, 4.69) is 4.90 Å². The van der Waals surface area contributed by atoms with Crippen molar-refractivity contribution < 1.29 is 13.9 Å². The summed E-state index contributed by atoms with van der Waals surface area (Å²) in [5.41, 5.74) is 0.654. The van der Waals surface area contributed by atoms with E-state index in [1.54, 1.807) is 12.1 Å². The van der Waals surface area contributed by atoms with Gasteiger partial charge in [0, 0.05) is 19.0 Å². The fourth-order valence-corrected chi connectivity index (χ4v) is 2.52. The summed E-state index contributed by atoms with van der Waals surface area (Å²) >= 11 is 0. The number of hydrogen-bond donors (Lipinski definition) is 0. The smallest absolute Gasteiger partial charge is 0.185 e. The van der Waals surface area contributed by atoms with Gasteiger partial charge in [0.25, 0.3) is 0 Å². The van der Waals surface area contributed by atoms with Gasteiger partial charge in [-0.3, -0.25) is 4.79 Å². The highest BCUT2D eigenvalue weighted by Gasteiger charge is 2.36. The maximum absolute atomic E-state index is 12.7. The van der Waals surface area contributed by atoms with E-state index in [9.17, 15) is 9.18 Å². The molecule has 0 atom stereocenters. The minimum atomic E-state index is -0.299. The Bertz CT molecular complexity index is 487. The molecule has 0 spiro atoms. The summed E-state index contributed by atoms with van der Waals surface area (Å²) in [6.45, 7) is 1.85. The van der Waals surface area contributed by atoms with Crippen molar-refractivity contribution in [1.82, 2.24) is 4.90 Å². The number of allylic oxidation sites excluding steroid dienone is 1. The SMILES string of the molecule is O=C1/C(=C\Oc2ccc(F)cc2)N2CCC1CC2. The quantitative estimate of drug-likeness (QED) is 0.593. The van der Waals surface area contributed by atoms with Crippen molar-refractivity contribution in [3.05, 3.63) is 42.0 Å². The van der Waals surface area contributed by atoms with Gasteiger partial charge in [0.1, 0.15) is 23.5 Å². The number of benzene rings is 1. The molecule has 1 aromatic carbocycles. The number of Topliss-reactive ketones (excluding diaryl/α,β-unsaturated/α-hetero) is 1. The summed E-state index contributed by atoms with van der Waals surface area (Å²) in [5.74, 6) is 0.582. The normalized spacial score (nSPS) is 21.7. The van der Waals surface area contributed by atoms with Crippen molar-refractivity contribution in [3.63, 3.8) is 0 Å². The highest BCUT2D eigenvalue weighted by atomic mass is 19.1. The molecule has 4 heteroatoms. The molecule has 3 aliphatic heterocycles. The molecule has 3 fully saturated rings. The van der Waals surface area contributed by atoms with E-state index in [1.165, 1.54) is 18.4 Å². The molecule has 18 heavy (non-hydrogen) atoms. The Labute approximate surface area is 105 Å². The maximum atomic E-state index is 12.7. The fraction of sp³-hybridized carbons (Fsp3) is 0.357. The molecule has 3 aliphatic rings. The number of carbonyl (C=O) groups excluding carboxylic acids is 1. The van der Waals surface area contributed by atoms with Crippen LogP contribution in [0.15, 0.2) is 36.2 Å². The van der Waals surface area contributed by atoms with Gasteiger partial charge in [-0.2, -0.15) is 0 Å². The molecule has 0 unspecified atom stereocenters. The molecule has 3 heterocycles. The van der Waals surface area contributed by atoms with Gasteiger partial charge >= 0.3 is 0 Å². The molecule has 0 aromatic heterocycles. The van der Waals surface area contributed by atoms with Crippen LogP contribution in [0.3, 0.4) is 0 Å². The van der Waals surface area contributed by atoms with Gasteiger partial charge in [-0.05, 0) is 37.1 Å². The molecule has 0 N–H and O–H groups in total. The lowest BCUT2D eigenvalue weighted by molar-refractivity contribution is -0.125. The molecule has 0 amide bonds. The van der Waals surface area contributed by atoms with E-state index in [1.807, 2.05) is 0 Å². The van der Waals surface area contributed by atoms with Gasteiger partial charge in [-0.1, -0.05) is 0 Å². The van der Waals surface area contributed by atoms with E-state index in [0.717, 1.165) is 25.9 Å². The Hall–Kier alpha value is -1.84. The molecule has 0 saturated carbocycles. The average Bonchev–Trinajstić information content (AvgIpc) is 2.41. The van der Waals surface area contributed by atoms with E-state index < -0.39 is 0 Å². The number of rotatable bonds is 2. The Morgan fingerprint density at radius 1 is 1.22 bits per heavy atom. The van der Waals surface area contributed by atoms with Crippen LogP contribution >= 0.6 is 0 Å². The van der Waals surface area contributed by atoms with Crippen molar-refractivity contribution in [3.8, 4) is 5.75 Å². The summed E-state index contributed by atoms with van der Waals surface area (Å²) in [7, 11) is 0. The summed E-state index contributed by atoms with van der Waals surface area (Å²) in [6, 6.07) is 5.77. The number of nitrogens with zero attached hydrogens (tertiary/aromatic N) is 1. The minimum Gasteiger partial charge on any atom is -0.463 e. The van der Waals surface area contributed by atoms with Crippen LogP contribution in [-0.4, -0.2) is 23.8 Å². The first-order valence-corrected chi connectivity index (χ1v) is 6.15. The third-order valence-corrected chi connectivity index (χ3v) is 3.58. The number of fused-ring (bicyclic) bond motifs is 3. The third kappa shape index (κ3) is 1.98. The molecule has 94 valence electrons. The van der Waals surface area contributed by atoms with Gasteiger partial charge in [0.15, 0.2) is 5.78 Å². The van der Waals surface area contributed by atoms with Gasteiger partial charge in [0.2, 0.25) is 0 Å². The number of ether oxygens (including phenoxy) is 1. The lowest BCUT2D eigenvalue weighted by Gasteiger charge is -2.40. The largest absolute Gasteiger partial charge is 0.463 e. The zero-order chi connectivity index (χ0) is 12.5. The first-order valence-electron chi connectivity index (χ1n) is 6.15. The second-order valence-electron chi connectivity index (χ2n) is 4.70. The molecule has 4 rings (SSSR count). The van der Waals surface area contributed by atoms with Crippen molar-refractivity contribution in [2.24, 2.45) is 5.92 Å². The number of carbonyl (C=O) groups is 1. The topological polar surface area (TPSA) is 29.5 Å². The van der Waals surface area contributed by atoms with Gasteiger partial charge in [-0.15, -0.1) is 0 Å². The van der Waals surface area contributed by atoms with Gasteiger partial charge < -0.3 is 9.64 Å². The van der Waals surface area contributed by atoms with Crippen molar-refractivity contribution in [2.45, 2.75) is 12.8 Å². The summed E-state index contributed by atoms with van der Waals surface area (Å²) in [6.07, 6.45) is 3.40. The van der Waals surface area contributed by atoms with Crippen molar-refractivity contribution in [1.29, 1.82) is 0 Å². The zero-order valence-corrected chi connectivity index (χ0v) is 9.93. The summed E-state index contributed by atoms with van der Waals surface area (Å²) in [5, 5.41) is 0. The van der Waals surface area contributed by atoms with Crippen LogP contribution in [0.2, 0.25) is 0 Å². The minimum absolute atomic E-state index is 0.165. The number of piperidine rings is 3. The molecule has 0 radical (unpaired) electrons. The molecule has 2 bridgehead atoms. The Morgan fingerprint density at radius 3 is 2.50 bits per heavy atom. The van der Waals surface area contributed by atoms with Crippen LogP contribution in [-0.2, 0) is 4.79 Å². The Balaban J connectivity index is 1.76. The number of halogens is 1. The van der Waals surface area contributed by atoms with E-state index in [-0.39, 0.29) is 17.5 Å². The van der Waals surface area contributed by atoms with Crippen LogP contribution in [0.1, 0.15) is 12.8 Å². The monoisotopic (exact) mass is 247 g/mol. The lowest BCUT2D eigenvalue weighted by Crippen LogP contribution is -2.46. The van der Waals surface area contributed by atoms with Crippen LogP contribution < -0.4 is 4.74 Å². The lowest BCUT2D eigenvalue weighted by atomic mass is 9.85. The second-order valence-corrected chi connectivity index (χ2v) is 4.70. The predicted octanol–water partition coefficient (Wildman–Crippen LogP) is 2.34. The van der Waals surface area contributed by atoms with E-state index in [0.29, 0.717) is 11.4 Å². The Kier molecular flexibility index (Phi) is 2.78. The first-order chi connectivity index (χ1) is 8.74. The molecule has 1 aromatic rings. The van der Waals surface area contributed by atoms with Crippen LogP contribution in [0.4, 0.5) is 4.39 Å². The zero-order valence-electron chi connectivity index (χ0n) is 9.93. The second kappa shape index (κ2) is 4.44. The average molecular weight is 247 g/mol. The highest BCUT2D eigenvalue weighted by molar-refractivity contribution is 5.97. The molecule has 0 aliphatic carbocycles. The molecule has 3 nitrogen and oxygen atoms in total. The van der Waals surface area contributed by atoms with E-state index >= 15 is 0 Å². The molecular formula is C14H14FNO2. The van der Waals surface area contributed by atoms with Crippen LogP contribution in [0, 0.1) is 11.7 Å². The van der Waals surface area contributed by atoms with Crippen molar-refractivity contribution in [2.75, 3.05) is 13.1 Å². The van der Waals surface area contributed by atoms with Crippen molar-refractivity contribution >= 4 is 5.78 Å². The number of hydrogen-bond acceptors (Lipinski definition) is 3. The fourth-order valence-electron chi connectivity index (χ4n) is 2.52. The molecule has 3 saturated heterocycles. The highest BCUT2D eigenvalue weighted by Crippen LogP contribution is 2.31. The van der Waals surface area contributed by atoms with Gasteiger partial charge in [-0.25, -0.2) is 4.39 Å².